The summed E-state index contributed by atoms with van der Waals surface area (Å²) in [6.07, 6.45) is 4.88. The van der Waals surface area contributed by atoms with Crippen molar-refractivity contribution in [3.8, 4) is 0 Å². The first-order valence-corrected chi connectivity index (χ1v) is 8.00. The molecule has 1 aromatic carbocycles. The van der Waals surface area contributed by atoms with Crippen molar-refractivity contribution in [1.29, 1.82) is 0 Å². The number of hydrogen-bond donors (Lipinski definition) is 0. The zero-order valence-corrected chi connectivity index (χ0v) is 13.0. The first-order valence-electron chi connectivity index (χ1n) is 7.20. The number of halogens is 3. The van der Waals surface area contributed by atoms with Crippen LogP contribution in [0.4, 0.5) is 8.78 Å². The second-order valence-corrected chi connectivity index (χ2v) is 6.86. The Balaban J connectivity index is 1.72. The Labute approximate surface area is 130 Å². The number of allylic oxidation sites excluding steroid dienone is 1. The molecule has 2 fully saturated rings. The minimum Gasteiger partial charge on any atom is -0.348 e. The monoisotopic (exact) mass is 356 g/mol. The van der Waals surface area contributed by atoms with Crippen molar-refractivity contribution in [2.75, 3.05) is 13.2 Å². The normalized spacial score (nSPS) is 25.4. The average molecular weight is 357 g/mol. The highest BCUT2D eigenvalue weighted by atomic mass is 79.9. The van der Waals surface area contributed by atoms with E-state index in [1.54, 1.807) is 12.1 Å². The van der Waals surface area contributed by atoms with E-state index in [1.807, 2.05) is 0 Å². The van der Waals surface area contributed by atoms with E-state index >= 15 is 0 Å². The molecule has 1 saturated carbocycles. The topological polar surface area (TPSA) is 18.5 Å². The van der Waals surface area contributed by atoms with Gasteiger partial charge < -0.3 is 9.47 Å². The van der Waals surface area contributed by atoms with Crippen LogP contribution in [0.25, 0.3) is 6.08 Å². The third-order valence-corrected chi connectivity index (χ3v) is 6.04. The Morgan fingerprint density at radius 3 is 2.33 bits per heavy atom. The molecule has 5 heteroatoms. The molecule has 0 radical (unpaired) electrons. The molecule has 2 spiro atoms. The van der Waals surface area contributed by atoms with Crippen molar-refractivity contribution in [3.63, 3.8) is 0 Å². The van der Waals surface area contributed by atoms with Gasteiger partial charge in [0.1, 0.15) is 0 Å². The summed E-state index contributed by atoms with van der Waals surface area (Å²) in [5.74, 6) is -2.01. The molecule has 112 valence electrons. The Kier molecular flexibility index (Phi) is 3.04. The van der Waals surface area contributed by atoms with Gasteiger partial charge in [0.15, 0.2) is 17.4 Å². The van der Waals surface area contributed by atoms with E-state index in [4.69, 9.17) is 9.47 Å². The standard InChI is InChI=1S/C16H15BrF2O2/c17-13-9-10-11(1-2-12(18)14(10)19)15(13)3-5-16(6-4-15)20-7-8-21-16/h1-2,9H,3-8H2. The molecule has 4 rings (SSSR count). The summed E-state index contributed by atoms with van der Waals surface area (Å²) in [6, 6.07) is 2.94. The summed E-state index contributed by atoms with van der Waals surface area (Å²) in [7, 11) is 0. The number of rotatable bonds is 0. The van der Waals surface area contributed by atoms with Gasteiger partial charge in [-0.3, -0.25) is 0 Å². The van der Waals surface area contributed by atoms with Gasteiger partial charge in [0.05, 0.1) is 13.2 Å². The predicted molar refractivity (Wildman–Crippen MR) is 78.0 cm³/mol. The Morgan fingerprint density at radius 1 is 1.00 bits per heavy atom. The quantitative estimate of drug-likeness (QED) is 0.691. The summed E-state index contributed by atoms with van der Waals surface area (Å²) >= 11 is 3.58. The third kappa shape index (κ3) is 1.87. The van der Waals surface area contributed by atoms with Crippen molar-refractivity contribution in [2.24, 2.45) is 0 Å². The number of benzene rings is 1. The maximum absolute atomic E-state index is 14.0. The highest BCUT2D eigenvalue weighted by molar-refractivity contribution is 9.11. The molecule has 2 nitrogen and oxygen atoms in total. The van der Waals surface area contributed by atoms with Gasteiger partial charge in [-0.05, 0) is 30.5 Å². The second kappa shape index (κ2) is 4.61. The van der Waals surface area contributed by atoms with Crippen molar-refractivity contribution in [1.82, 2.24) is 0 Å². The van der Waals surface area contributed by atoms with Crippen molar-refractivity contribution in [2.45, 2.75) is 36.9 Å². The van der Waals surface area contributed by atoms with Crippen LogP contribution in [0.15, 0.2) is 16.6 Å². The number of hydrogen-bond acceptors (Lipinski definition) is 2. The van der Waals surface area contributed by atoms with E-state index in [1.165, 1.54) is 6.07 Å². The van der Waals surface area contributed by atoms with Gasteiger partial charge in [-0.2, -0.15) is 0 Å². The van der Waals surface area contributed by atoms with Crippen LogP contribution >= 0.6 is 15.9 Å². The molecular weight excluding hydrogens is 342 g/mol. The average Bonchev–Trinajstić information content (AvgIpc) is 3.03. The van der Waals surface area contributed by atoms with E-state index in [-0.39, 0.29) is 5.41 Å². The molecule has 1 heterocycles. The van der Waals surface area contributed by atoms with Crippen LogP contribution in [0.1, 0.15) is 36.8 Å². The van der Waals surface area contributed by atoms with Gasteiger partial charge >= 0.3 is 0 Å². The van der Waals surface area contributed by atoms with Crippen LogP contribution in [0.2, 0.25) is 0 Å². The third-order valence-electron chi connectivity index (χ3n) is 5.06. The summed E-state index contributed by atoms with van der Waals surface area (Å²) in [6.45, 7) is 1.28. The molecule has 2 aliphatic carbocycles. The lowest BCUT2D eigenvalue weighted by Gasteiger charge is -2.42. The lowest BCUT2D eigenvalue weighted by atomic mass is 9.69. The van der Waals surface area contributed by atoms with E-state index in [0.29, 0.717) is 18.8 Å². The Bertz CT molecular complexity index is 625. The highest BCUT2D eigenvalue weighted by Gasteiger charge is 2.50. The van der Waals surface area contributed by atoms with Gasteiger partial charge in [-0.25, -0.2) is 8.78 Å². The summed E-state index contributed by atoms with van der Waals surface area (Å²) in [5.41, 5.74) is 0.997. The largest absolute Gasteiger partial charge is 0.348 e. The van der Waals surface area contributed by atoms with Crippen molar-refractivity contribution in [3.05, 3.63) is 39.4 Å². The van der Waals surface area contributed by atoms with Gasteiger partial charge in [0, 0.05) is 28.3 Å². The molecule has 1 aliphatic heterocycles. The van der Waals surface area contributed by atoms with Gasteiger partial charge in [-0.1, -0.05) is 22.0 Å². The van der Waals surface area contributed by atoms with Crippen LogP contribution in [0.5, 0.6) is 0 Å². The molecule has 0 atom stereocenters. The Hall–Kier alpha value is -0.780. The minimum atomic E-state index is -0.794. The maximum Gasteiger partial charge on any atom is 0.168 e. The van der Waals surface area contributed by atoms with Crippen LogP contribution in [-0.4, -0.2) is 19.0 Å². The van der Waals surface area contributed by atoms with E-state index in [2.05, 4.69) is 15.9 Å². The molecule has 0 amide bonds. The van der Waals surface area contributed by atoms with Crippen LogP contribution in [0, 0.1) is 11.6 Å². The fourth-order valence-electron chi connectivity index (χ4n) is 3.87. The maximum atomic E-state index is 14.0. The fraction of sp³-hybridized carbons (Fsp3) is 0.500. The minimum absolute atomic E-state index is 0.259. The highest BCUT2D eigenvalue weighted by Crippen LogP contribution is 2.56. The molecule has 0 N–H and O–H groups in total. The van der Waals surface area contributed by atoms with E-state index in [9.17, 15) is 8.78 Å². The number of ether oxygens (including phenoxy) is 2. The van der Waals surface area contributed by atoms with Crippen LogP contribution < -0.4 is 0 Å². The molecule has 0 bridgehead atoms. The van der Waals surface area contributed by atoms with Crippen LogP contribution in [0.3, 0.4) is 0 Å². The van der Waals surface area contributed by atoms with E-state index in [0.717, 1.165) is 35.7 Å². The van der Waals surface area contributed by atoms with Crippen molar-refractivity contribution >= 4 is 22.0 Å². The van der Waals surface area contributed by atoms with Crippen molar-refractivity contribution < 1.29 is 18.3 Å². The SMILES string of the molecule is Fc1ccc2c(c1F)C=C(Br)C21CCC2(CC1)OCCO2. The lowest BCUT2D eigenvalue weighted by Crippen LogP contribution is -2.41. The molecular formula is C16H15BrF2O2. The molecule has 1 saturated heterocycles. The van der Waals surface area contributed by atoms with Crippen LogP contribution in [-0.2, 0) is 14.9 Å². The fourth-order valence-corrected chi connectivity index (χ4v) is 4.71. The van der Waals surface area contributed by atoms with Gasteiger partial charge in [-0.15, -0.1) is 0 Å². The second-order valence-electron chi connectivity index (χ2n) is 6.00. The smallest absolute Gasteiger partial charge is 0.168 e. The predicted octanol–water partition coefficient (Wildman–Crippen LogP) is 4.27. The molecule has 21 heavy (non-hydrogen) atoms. The zero-order valence-electron chi connectivity index (χ0n) is 11.4. The summed E-state index contributed by atoms with van der Waals surface area (Å²) in [4.78, 5) is 0. The molecule has 0 unspecified atom stereocenters. The lowest BCUT2D eigenvalue weighted by molar-refractivity contribution is -0.182. The van der Waals surface area contributed by atoms with E-state index < -0.39 is 17.4 Å². The summed E-state index contributed by atoms with van der Waals surface area (Å²) < 4.78 is 39.9. The molecule has 1 aromatic rings. The van der Waals surface area contributed by atoms with Gasteiger partial charge in [0.25, 0.3) is 0 Å². The summed E-state index contributed by atoms with van der Waals surface area (Å²) in [5, 5.41) is 0. The van der Waals surface area contributed by atoms with Gasteiger partial charge in [0.2, 0.25) is 0 Å². The Morgan fingerprint density at radius 2 is 1.67 bits per heavy atom. The first kappa shape index (κ1) is 13.9. The molecule has 0 aromatic heterocycles. The molecule has 3 aliphatic rings. The zero-order chi connectivity index (χ0) is 14.7. The number of fused-ring (bicyclic) bond motifs is 2. The first-order chi connectivity index (χ1) is 10.1.